The van der Waals surface area contributed by atoms with Gasteiger partial charge in [-0.3, -0.25) is 4.84 Å². The third-order valence-electron chi connectivity index (χ3n) is 8.36. The predicted molar refractivity (Wildman–Crippen MR) is 128 cm³/mol. The highest BCUT2D eigenvalue weighted by atomic mass is 16.8. The van der Waals surface area contributed by atoms with Crippen molar-refractivity contribution in [2.75, 3.05) is 26.4 Å². The Bertz CT molecular complexity index is 783. The van der Waals surface area contributed by atoms with E-state index in [-0.39, 0.29) is 29.2 Å². The van der Waals surface area contributed by atoms with Crippen LogP contribution >= 0.6 is 0 Å². The summed E-state index contributed by atoms with van der Waals surface area (Å²) in [4.78, 5) is 6.62. The van der Waals surface area contributed by atoms with Gasteiger partial charge in [-0.25, -0.2) is 0 Å². The molecule has 3 saturated heterocycles. The van der Waals surface area contributed by atoms with Crippen LogP contribution in [0.3, 0.4) is 0 Å². The second kappa shape index (κ2) is 9.82. The minimum absolute atomic E-state index is 0.164. The number of benzene rings is 1. The van der Waals surface area contributed by atoms with E-state index in [4.69, 9.17) is 23.8 Å². The molecule has 0 amide bonds. The number of hydrogen-bond acceptors (Lipinski definition) is 6. The summed E-state index contributed by atoms with van der Waals surface area (Å²) in [5, 5.41) is 2.30. The lowest BCUT2D eigenvalue weighted by molar-refractivity contribution is -0.368. The average Bonchev–Trinajstić information content (AvgIpc) is 3.58. The number of hydroxylamine groups is 2. The van der Waals surface area contributed by atoms with Gasteiger partial charge in [0.15, 0.2) is 5.79 Å². The summed E-state index contributed by atoms with van der Waals surface area (Å²) in [6.45, 7) is 16.3. The molecule has 3 aliphatic rings. The van der Waals surface area contributed by atoms with Crippen molar-refractivity contribution in [1.82, 2.24) is 5.06 Å². The Hall–Kier alpha value is -1.18. The lowest BCUT2D eigenvalue weighted by Crippen LogP contribution is -2.71. The normalized spacial score (nSPS) is 38.7. The molecule has 0 bridgehead atoms. The molecule has 6 atom stereocenters. The Morgan fingerprint density at radius 1 is 1.03 bits per heavy atom. The zero-order valence-electron chi connectivity index (χ0n) is 21.4. The van der Waals surface area contributed by atoms with Crippen LogP contribution in [0.15, 0.2) is 24.3 Å². The predicted octanol–water partition coefficient (Wildman–Crippen LogP) is 5.14. The van der Waals surface area contributed by atoms with Crippen LogP contribution < -0.4 is 4.74 Å². The molecule has 6 heteroatoms. The largest absolute Gasteiger partial charge is 0.491 e. The van der Waals surface area contributed by atoms with Gasteiger partial charge in [0.25, 0.3) is 0 Å². The SMILES string of the molecule is CCC1COC2(CC(C)(CC)N(OCCc3ccc(OCC4CO4)cc3)C(C)(CC)C2C)O1. The van der Waals surface area contributed by atoms with Crippen molar-refractivity contribution in [3.8, 4) is 5.75 Å². The van der Waals surface area contributed by atoms with Crippen molar-refractivity contribution in [3.05, 3.63) is 29.8 Å². The number of ether oxygens (including phenoxy) is 4. The van der Waals surface area contributed by atoms with E-state index >= 15 is 0 Å². The fourth-order valence-electron chi connectivity index (χ4n) is 5.51. The molecule has 0 radical (unpaired) electrons. The second-order valence-corrected chi connectivity index (χ2v) is 10.5. The molecule has 3 aliphatic heterocycles. The second-order valence-electron chi connectivity index (χ2n) is 10.5. The average molecular weight is 462 g/mol. The molecule has 3 fully saturated rings. The van der Waals surface area contributed by atoms with Gasteiger partial charge in [0, 0.05) is 17.9 Å². The van der Waals surface area contributed by atoms with Gasteiger partial charge in [-0.2, -0.15) is 5.06 Å². The molecule has 186 valence electrons. The summed E-state index contributed by atoms with van der Waals surface area (Å²) in [5.41, 5.74) is 0.896. The molecule has 0 N–H and O–H groups in total. The Balaban J connectivity index is 1.42. The highest BCUT2D eigenvalue weighted by Crippen LogP contribution is 2.54. The van der Waals surface area contributed by atoms with Gasteiger partial charge >= 0.3 is 0 Å². The van der Waals surface area contributed by atoms with Crippen LogP contribution in [0.5, 0.6) is 5.75 Å². The number of nitrogens with zero attached hydrogens (tertiary/aromatic N) is 1. The molecular weight excluding hydrogens is 418 g/mol. The van der Waals surface area contributed by atoms with Crippen LogP contribution in [0.1, 0.15) is 72.8 Å². The van der Waals surface area contributed by atoms with Gasteiger partial charge in [0.05, 0.1) is 31.5 Å². The van der Waals surface area contributed by atoms with Crippen LogP contribution in [0.2, 0.25) is 0 Å². The van der Waals surface area contributed by atoms with Crippen molar-refractivity contribution in [2.24, 2.45) is 5.92 Å². The molecule has 6 unspecified atom stereocenters. The number of piperidine rings is 1. The van der Waals surface area contributed by atoms with Gasteiger partial charge in [-0.05, 0) is 57.2 Å². The molecule has 1 aromatic rings. The standard InChI is InChI=1S/C27H43NO5/c1-7-22-18-31-27(33-22)19-25(5,8-2)28(26(6,9-3)20(27)4)32-15-14-21-10-12-23(13-11-21)29-16-24-17-30-24/h10-13,20,22,24H,7-9,14-19H2,1-6H3. The van der Waals surface area contributed by atoms with E-state index in [0.717, 1.165) is 44.5 Å². The summed E-state index contributed by atoms with van der Waals surface area (Å²) >= 11 is 0. The fraction of sp³-hybridized carbons (Fsp3) is 0.778. The molecule has 3 heterocycles. The lowest BCUT2D eigenvalue weighted by atomic mass is 9.67. The van der Waals surface area contributed by atoms with E-state index in [1.54, 1.807) is 0 Å². The fourth-order valence-corrected chi connectivity index (χ4v) is 5.51. The zero-order chi connectivity index (χ0) is 23.7. The molecule has 1 aromatic carbocycles. The summed E-state index contributed by atoms with van der Waals surface area (Å²) in [6.07, 6.45) is 5.05. The summed E-state index contributed by atoms with van der Waals surface area (Å²) in [7, 11) is 0. The first kappa shape index (κ1) is 24.9. The Morgan fingerprint density at radius 3 is 2.33 bits per heavy atom. The smallest absolute Gasteiger partial charge is 0.175 e. The summed E-state index contributed by atoms with van der Waals surface area (Å²) in [6, 6.07) is 8.33. The Labute approximate surface area is 199 Å². The third-order valence-corrected chi connectivity index (χ3v) is 8.36. The van der Waals surface area contributed by atoms with Crippen molar-refractivity contribution in [1.29, 1.82) is 0 Å². The third kappa shape index (κ3) is 4.96. The zero-order valence-corrected chi connectivity index (χ0v) is 21.4. The molecule has 0 saturated carbocycles. The van der Waals surface area contributed by atoms with Crippen molar-refractivity contribution in [3.63, 3.8) is 0 Å². The quantitative estimate of drug-likeness (QED) is 0.450. The number of rotatable bonds is 10. The minimum atomic E-state index is -0.530. The highest BCUT2D eigenvalue weighted by Gasteiger charge is 2.63. The van der Waals surface area contributed by atoms with Crippen LogP contribution in [0, 0.1) is 5.92 Å². The summed E-state index contributed by atoms with van der Waals surface area (Å²) < 4.78 is 24.0. The highest BCUT2D eigenvalue weighted by molar-refractivity contribution is 5.27. The Morgan fingerprint density at radius 2 is 1.76 bits per heavy atom. The van der Waals surface area contributed by atoms with E-state index in [1.807, 2.05) is 12.1 Å². The maximum Gasteiger partial charge on any atom is 0.175 e. The monoisotopic (exact) mass is 461 g/mol. The molecule has 6 nitrogen and oxygen atoms in total. The van der Waals surface area contributed by atoms with Crippen LogP contribution in [-0.4, -0.2) is 60.6 Å². The molecule has 1 spiro atoms. The van der Waals surface area contributed by atoms with E-state index in [0.29, 0.717) is 19.8 Å². The molecule has 0 aromatic heterocycles. The van der Waals surface area contributed by atoms with E-state index in [1.165, 1.54) is 5.56 Å². The number of hydrogen-bond donors (Lipinski definition) is 0. The van der Waals surface area contributed by atoms with Gasteiger partial charge in [-0.15, -0.1) is 0 Å². The Kier molecular flexibility index (Phi) is 7.42. The molecule has 4 rings (SSSR count). The van der Waals surface area contributed by atoms with Gasteiger partial charge < -0.3 is 18.9 Å². The first-order chi connectivity index (χ1) is 15.8. The molecular formula is C27H43NO5. The van der Waals surface area contributed by atoms with Crippen LogP contribution in [-0.2, 0) is 25.5 Å². The number of epoxide rings is 1. The maximum absolute atomic E-state index is 6.62. The minimum Gasteiger partial charge on any atom is -0.491 e. The first-order valence-corrected chi connectivity index (χ1v) is 12.9. The van der Waals surface area contributed by atoms with Gasteiger partial charge in [0.2, 0.25) is 0 Å². The van der Waals surface area contributed by atoms with E-state index in [2.05, 4.69) is 58.7 Å². The topological polar surface area (TPSA) is 52.7 Å². The van der Waals surface area contributed by atoms with Crippen LogP contribution in [0.25, 0.3) is 0 Å². The van der Waals surface area contributed by atoms with E-state index in [9.17, 15) is 0 Å². The van der Waals surface area contributed by atoms with Crippen LogP contribution in [0.4, 0.5) is 0 Å². The maximum atomic E-state index is 6.62. The van der Waals surface area contributed by atoms with E-state index < -0.39 is 5.79 Å². The summed E-state index contributed by atoms with van der Waals surface area (Å²) in [5.74, 6) is 0.555. The van der Waals surface area contributed by atoms with Gasteiger partial charge in [0.1, 0.15) is 18.5 Å². The molecule has 33 heavy (non-hydrogen) atoms. The van der Waals surface area contributed by atoms with Crippen molar-refractivity contribution in [2.45, 2.75) is 103 Å². The van der Waals surface area contributed by atoms with Gasteiger partial charge in [-0.1, -0.05) is 39.8 Å². The molecule has 0 aliphatic carbocycles. The first-order valence-electron chi connectivity index (χ1n) is 12.9. The van der Waals surface area contributed by atoms with Crippen molar-refractivity contribution < 1.29 is 23.8 Å². The lowest BCUT2D eigenvalue weighted by Gasteiger charge is -2.61. The van der Waals surface area contributed by atoms with Crippen molar-refractivity contribution >= 4 is 0 Å².